The number of fused-ring (bicyclic) bond motifs is 5. The van der Waals surface area contributed by atoms with Crippen LogP contribution in [0.2, 0.25) is 0 Å². The van der Waals surface area contributed by atoms with Gasteiger partial charge >= 0.3 is 0 Å². The number of ether oxygens (including phenoxy) is 4. The maximum Gasteiger partial charge on any atom is 0.274 e. The third-order valence-electron chi connectivity index (χ3n) is 8.25. The first kappa shape index (κ1) is 31.0. The van der Waals surface area contributed by atoms with Crippen molar-refractivity contribution in [3.63, 3.8) is 0 Å². The van der Waals surface area contributed by atoms with Crippen LogP contribution in [-0.2, 0) is 17.9 Å². The minimum absolute atomic E-state index is 0.116. The van der Waals surface area contributed by atoms with E-state index >= 15 is 0 Å². The quantitative estimate of drug-likeness (QED) is 0.331. The van der Waals surface area contributed by atoms with E-state index in [1.807, 2.05) is 76.1 Å². The molecule has 2 aromatic heterocycles. The molecule has 0 N–H and O–H groups in total. The highest BCUT2D eigenvalue weighted by Crippen LogP contribution is 2.33. The number of hydrogen-bond acceptors (Lipinski definition) is 8. The van der Waals surface area contributed by atoms with Crippen LogP contribution in [0.4, 0.5) is 0 Å². The van der Waals surface area contributed by atoms with Crippen molar-refractivity contribution in [2.75, 3.05) is 46.5 Å². The van der Waals surface area contributed by atoms with E-state index in [4.69, 9.17) is 18.9 Å². The number of aromatic nitrogens is 4. The fourth-order valence-electron chi connectivity index (χ4n) is 5.76. The first-order valence-corrected chi connectivity index (χ1v) is 15.9. The van der Waals surface area contributed by atoms with E-state index in [0.717, 1.165) is 11.4 Å². The lowest BCUT2D eigenvalue weighted by atomic mass is 10.2. The number of hydrogen-bond donors (Lipinski definition) is 0. The van der Waals surface area contributed by atoms with Crippen LogP contribution in [0, 0.1) is 0 Å². The summed E-state index contributed by atoms with van der Waals surface area (Å²) in [6.07, 6.45) is 6.77. The molecule has 242 valence electrons. The number of aryl methyl sites for hydroxylation is 1. The Labute approximate surface area is 268 Å². The van der Waals surface area contributed by atoms with Gasteiger partial charge in [0.15, 0.2) is 23.0 Å². The van der Waals surface area contributed by atoms with Gasteiger partial charge in [-0.3, -0.25) is 14.3 Å². The van der Waals surface area contributed by atoms with Crippen LogP contribution in [0.5, 0.6) is 23.0 Å². The summed E-state index contributed by atoms with van der Waals surface area (Å²) in [6, 6.07) is 14.9. The number of methoxy groups -OCH3 is 1. The number of amides is 2. The van der Waals surface area contributed by atoms with Gasteiger partial charge in [-0.1, -0.05) is 12.1 Å². The van der Waals surface area contributed by atoms with Gasteiger partial charge in [0.25, 0.3) is 11.8 Å². The van der Waals surface area contributed by atoms with Crippen LogP contribution in [0.3, 0.4) is 0 Å². The molecule has 12 heteroatoms. The predicted molar refractivity (Wildman–Crippen MR) is 170 cm³/mol. The molecule has 0 radical (unpaired) electrons. The molecule has 2 bridgehead atoms. The Morgan fingerprint density at radius 3 is 2.50 bits per heavy atom. The molecule has 4 heterocycles. The Kier molecular flexibility index (Phi) is 9.70. The summed E-state index contributed by atoms with van der Waals surface area (Å²) in [5.74, 6) is 2.93. The minimum Gasteiger partial charge on any atom is -0.493 e. The van der Waals surface area contributed by atoms with E-state index < -0.39 is 6.10 Å². The van der Waals surface area contributed by atoms with Crippen LogP contribution in [-0.4, -0.2) is 93.6 Å². The van der Waals surface area contributed by atoms with Crippen LogP contribution in [0.15, 0.2) is 67.1 Å². The molecule has 2 aliphatic heterocycles. The lowest BCUT2D eigenvalue weighted by Crippen LogP contribution is -2.47. The first-order chi connectivity index (χ1) is 22.5. The Morgan fingerprint density at radius 1 is 0.891 bits per heavy atom. The van der Waals surface area contributed by atoms with Crippen molar-refractivity contribution in [2.24, 2.45) is 0 Å². The fraction of sp³-hybridized carbons (Fsp3) is 0.412. The third kappa shape index (κ3) is 6.95. The van der Waals surface area contributed by atoms with E-state index in [0.29, 0.717) is 93.8 Å². The molecule has 46 heavy (non-hydrogen) atoms. The summed E-state index contributed by atoms with van der Waals surface area (Å²) in [4.78, 5) is 35.7. The van der Waals surface area contributed by atoms with Gasteiger partial charge < -0.3 is 33.3 Å². The monoisotopic (exact) mass is 628 g/mol. The van der Waals surface area contributed by atoms with Crippen molar-refractivity contribution in [3.8, 4) is 34.4 Å². The molecule has 2 aliphatic rings. The molecule has 2 amide bonds. The first-order valence-electron chi connectivity index (χ1n) is 15.9. The van der Waals surface area contributed by atoms with Crippen LogP contribution in [0.25, 0.3) is 11.4 Å². The number of benzene rings is 2. The van der Waals surface area contributed by atoms with Crippen LogP contribution >= 0.6 is 0 Å². The molecule has 4 aromatic rings. The predicted octanol–water partition coefficient (Wildman–Crippen LogP) is 4.15. The molecular weight excluding hydrogens is 588 g/mol. The second kappa shape index (κ2) is 14.4. The molecule has 0 saturated heterocycles. The Hall–Kier alpha value is -5.00. The number of rotatable bonds is 4. The largest absolute Gasteiger partial charge is 0.493 e. The lowest BCUT2D eigenvalue weighted by molar-refractivity contribution is -0.141. The minimum atomic E-state index is -0.751. The molecule has 0 saturated carbocycles. The summed E-state index contributed by atoms with van der Waals surface area (Å²) in [6.45, 7) is 5.72. The molecule has 2 aromatic carbocycles. The molecule has 12 nitrogen and oxygen atoms in total. The van der Waals surface area contributed by atoms with Crippen LogP contribution < -0.4 is 18.9 Å². The lowest BCUT2D eigenvalue weighted by Gasteiger charge is -2.31. The number of imidazole rings is 1. The van der Waals surface area contributed by atoms with Crippen molar-refractivity contribution in [3.05, 3.63) is 72.8 Å². The smallest absolute Gasteiger partial charge is 0.274 e. The Morgan fingerprint density at radius 2 is 1.70 bits per heavy atom. The van der Waals surface area contributed by atoms with E-state index in [-0.39, 0.29) is 18.4 Å². The molecule has 1 atom stereocenters. The topological polar surface area (TPSA) is 113 Å². The summed E-state index contributed by atoms with van der Waals surface area (Å²) >= 11 is 0. The second-order valence-corrected chi connectivity index (χ2v) is 11.3. The zero-order chi connectivity index (χ0) is 31.9. The van der Waals surface area contributed by atoms with Gasteiger partial charge in [0.05, 0.1) is 13.7 Å². The Balaban J connectivity index is 1.25. The highest BCUT2D eigenvalue weighted by Gasteiger charge is 2.31. The molecule has 0 fully saturated rings. The van der Waals surface area contributed by atoms with Crippen molar-refractivity contribution in [2.45, 2.75) is 45.4 Å². The second-order valence-electron chi connectivity index (χ2n) is 11.3. The van der Waals surface area contributed by atoms with Gasteiger partial charge in [0, 0.05) is 63.4 Å². The third-order valence-corrected chi connectivity index (χ3v) is 8.25. The summed E-state index contributed by atoms with van der Waals surface area (Å²) in [5, 5.41) is 4.44. The number of nitrogens with zero attached hydrogens (tertiary/aromatic N) is 6. The maximum absolute atomic E-state index is 13.9. The van der Waals surface area contributed by atoms with Crippen molar-refractivity contribution < 1.29 is 28.5 Å². The van der Waals surface area contributed by atoms with Gasteiger partial charge in [-0.15, -0.1) is 0 Å². The number of carbonyl (C=O) groups is 2. The summed E-state index contributed by atoms with van der Waals surface area (Å²) in [5.41, 5.74) is 1.29. The van der Waals surface area contributed by atoms with Gasteiger partial charge in [0.2, 0.25) is 6.10 Å². The summed E-state index contributed by atoms with van der Waals surface area (Å²) < 4.78 is 27.5. The fourth-order valence-corrected chi connectivity index (χ4v) is 5.76. The van der Waals surface area contributed by atoms with Crippen molar-refractivity contribution in [1.82, 2.24) is 29.1 Å². The normalized spacial score (nSPS) is 17.4. The van der Waals surface area contributed by atoms with Gasteiger partial charge in [0.1, 0.15) is 18.1 Å². The van der Waals surface area contributed by atoms with Gasteiger partial charge in [-0.2, -0.15) is 5.10 Å². The standard InChI is InChI=1S/C34H40N6O6/c1-3-40-18-13-26(36-40)33(41)38-15-6-7-16-39(34(42)31-24-45-28-9-4-5-10-29(28)46-31)21-20-37-19-14-35-32(37)25-11-12-27(43-2)30(23-25)44-22-8-17-38/h4-5,9-14,18-19,23,31H,3,6-8,15-17,20-22,24H2,1-2H3. The molecule has 0 aliphatic carbocycles. The zero-order valence-electron chi connectivity index (χ0n) is 26.3. The average molecular weight is 629 g/mol. The van der Waals surface area contributed by atoms with Crippen LogP contribution in [0.1, 0.15) is 36.7 Å². The van der Waals surface area contributed by atoms with Crippen molar-refractivity contribution >= 4 is 11.8 Å². The van der Waals surface area contributed by atoms with E-state index in [9.17, 15) is 9.59 Å². The summed E-state index contributed by atoms with van der Waals surface area (Å²) in [7, 11) is 1.61. The zero-order valence-corrected chi connectivity index (χ0v) is 26.3. The van der Waals surface area contributed by atoms with E-state index in [1.165, 1.54) is 0 Å². The molecule has 6 rings (SSSR count). The van der Waals surface area contributed by atoms with Gasteiger partial charge in [-0.05, 0) is 62.6 Å². The molecule has 1 unspecified atom stereocenters. The average Bonchev–Trinajstić information content (AvgIpc) is 3.78. The number of carbonyl (C=O) groups excluding carboxylic acids is 2. The van der Waals surface area contributed by atoms with E-state index in [2.05, 4.69) is 10.1 Å². The number of para-hydroxylation sites is 2. The molecular formula is C34H40N6O6. The highest BCUT2D eigenvalue weighted by atomic mass is 16.6. The SMILES string of the molecule is CCn1ccc(C(=O)N2CCCCN(C(=O)C3COc4ccccc4O3)CCn3ccnc3-c3ccc(OC)c(c3)OCCC2)n1. The highest BCUT2D eigenvalue weighted by molar-refractivity contribution is 5.92. The van der Waals surface area contributed by atoms with Gasteiger partial charge in [-0.25, -0.2) is 4.98 Å². The molecule has 0 spiro atoms. The Bertz CT molecular complexity index is 1650. The maximum atomic E-state index is 13.9. The van der Waals surface area contributed by atoms with Crippen molar-refractivity contribution in [1.29, 1.82) is 0 Å². The van der Waals surface area contributed by atoms with E-state index in [1.54, 1.807) is 24.1 Å².